The van der Waals surface area contributed by atoms with Crippen LogP contribution in [0.25, 0.3) is 0 Å². The first-order chi connectivity index (χ1) is 9.95. The van der Waals surface area contributed by atoms with Crippen molar-refractivity contribution < 1.29 is 9.90 Å². The van der Waals surface area contributed by atoms with Gasteiger partial charge in [-0.1, -0.05) is 51.3 Å². The van der Waals surface area contributed by atoms with Crippen molar-refractivity contribution in [2.24, 2.45) is 0 Å². The Morgan fingerprint density at radius 2 is 1.90 bits per heavy atom. The zero-order valence-corrected chi connectivity index (χ0v) is 13.9. The predicted molar refractivity (Wildman–Crippen MR) is 89.0 cm³/mol. The van der Waals surface area contributed by atoms with Crippen molar-refractivity contribution in [3.63, 3.8) is 0 Å². The topological polar surface area (TPSA) is 40.5 Å². The minimum absolute atomic E-state index is 0.0574. The lowest BCUT2D eigenvalue weighted by atomic mass is 10.1. The first-order valence-electron chi connectivity index (χ1n) is 6.43. The van der Waals surface area contributed by atoms with Gasteiger partial charge in [0, 0.05) is 21.7 Å². The number of benzene rings is 2. The Hall–Kier alpha value is -1.52. The normalized spacial score (nSPS) is 10.4. The van der Waals surface area contributed by atoms with E-state index in [9.17, 15) is 4.79 Å². The van der Waals surface area contributed by atoms with Gasteiger partial charge >= 0.3 is 5.97 Å². The Morgan fingerprint density at radius 1 is 1.24 bits per heavy atom. The predicted octanol–water partition coefficient (Wildman–Crippen LogP) is 4.50. The summed E-state index contributed by atoms with van der Waals surface area (Å²) in [5, 5.41) is 9.76. The molecule has 0 radical (unpaired) electrons. The SMILES string of the molecule is Cc1ccc(N(CC(=O)O)Cc2ccc(Cl)cc2Br)cc1. The molecule has 0 atom stereocenters. The summed E-state index contributed by atoms with van der Waals surface area (Å²) in [6.07, 6.45) is 0. The Bertz CT molecular complexity index is 643. The van der Waals surface area contributed by atoms with Crippen molar-refractivity contribution in [1.82, 2.24) is 0 Å². The van der Waals surface area contributed by atoms with Gasteiger partial charge in [0.25, 0.3) is 0 Å². The fraction of sp³-hybridized carbons (Fsp3) is 0.188. The summed E-state index contributed by atoms with van der Waals surface area (Å²) in [4.78, 5) is 12.9. The summed E-state index contributed by atoms with van der Waals surface area (Å²) in [6.45, 7) is 2.44. The van der Waals surface area contributed by atoms with Crippen LogP contribution < -0.4 is 4.90 Å². The number of nitrogens with zero attached hydrogens (tertiary/aromatic N) is 1. The molecule has 0 saturated heterocycles. The number of halogens is 2. The highest BCUT2D eigenvalue weighted by atomic mass is 79.9. The number of carboxylic acid groups (broad SMARTS) is 1. The van der Waals surface area contributed by atoms with Gasteiger partial charge in [-0.25, -0.2) is 0 Å². The smallest absolute Gasteiger partial charge is 0.323 e. The van der Waals surface area contributed by atoms with E-state index in [2.05, 4.69) is 15.9 Å². The third-order valence-corrected chi connectivity index (χ3v) is 4.07. The largest absolute Gasteiger partial charge is 0.480 e. The molecule has 0 bridgehead atoms. The van der Waals surface area contributed by atoms with Crippen LogP contribution in [0.2, 0.25) is 5.02 Å². The molecule has 0 heterocycles. The highest BCUT2D eigenvalue weighted by Crippen LogP contribution is 2.25. The maximum atomic E-state index is 11.1. The molecule has 0 aliphatic carbocycles. The molecule has 0 unspecified atom stereocenters. The van der Waals surface area contributed by atoms with E-state index >= 15 is 0 Å². The summed E-state index contributed by atoms with van der Waals surface area (Å²) in [7, 11) is 0. The van der Waals surface area contributed by atoms with Gasteiger partial charge in [0.15, 0.2) is 0 Å². The molecule has 1 N–H and O–H groups in total. The molecular formula is C16H15BrClNO2. The number of hydrogen-bond acceptors (Lipinski definition) is 2. The van der Waals surface area contributed by atoms with Crippen LogP contribution in [-0.4, -0.2) is 17.6 Å². The fourth-order valence-electron chi connectivity index (χ4n) is 2.01. The maximum absolute atomic E-state index is 11.1. The van der Waals surface area contributed by atoms with Crippen LogP contribution in [0.3, 0.4) is 0 Å². The zero-order chi connectivity index (χ0) is 15.4. The Morgan fingerprint density at radius 3 is 2.48 bits per heavy atom. The quantitative estimate of drug-likeness (QED) is 0.844. The van der Waals surface area contributed by atoms with E-state index in [0.717, 1.165) is 21.3 Å². The van der Waals surface area contributed by atoms with E-state index in [0.29, 0.717) is 11.6 Å². The second kappa shape index (κ2) is 6.96. The van der Waals surface area contributed by atoms with Crippen molar-refractivity contribution in [1.29, 1.82) is 0 Å². The van der Waals surface area contributed by atoms with E-state index in [1.165, 1.54) is 0 Å². The van der Waals surface area contributed by atoms with Gasteiger partial charge in [0.1, 0.15) is 6.54 Å². The molecule has 0 fully saturated rings. The van der Waals surface area contributed by atoms with Gasteiger partial charge < -0.3 is 10.0 Å². The maximum Gasteiger partial charge on any atom is 0.323 e. The second-order valence-corrected chi connectivity index (χ2v) is 6.11. The van der Waals surface area contributed by atoms with Gasteiger partial charge in [-0.05, 0) is 36.8 Å². The Balaban J connectivity index is 2.27. The van der Waals surface area contributed by atoms with E-state index in [1.54, 1.807) is 6.07 Å². The molecular weight excluding hydrogens is 354 g/mol. The Labute approximate surface area is 137 Å². The zero-order valence-electron chi connectivity index (χ0n) is 11.5. The van der Waals surface area contributed by atoms with Crippen molar-refractivity contribution in [3.05, 3.63) is 63.1 Å². The monoisotopic (exact) mass is 367 g/mol. The molecule has 0 aliphatic rings. The average molecular weight is 369 g/mol. The molecule has 21 heavy (non-hydrogen) atoms. The van der Waals surface area contributed by atoms with Crippen LogP contribution in [0, 0.1) is 6.92 Å². The molecule has 0 aliphatic heterocycles. The third-order valence-electron chi connectivity index (χ3n) is 3.10. The van der Waals surface area contributed by atoms with Crippen LogP contribution in [0.15, 0.2) is 46.9 Å². The van der Waals surface area contributed by atoms with Crippen molar-refractivity contribution >= 4 is 39.2 Å². The standard InChI is InChI=1S/C16H15BrClNO2/c1-11-2-6-14(7-3-11)19(10-16(20)21)9-12-4-5-13(18)8-15(12)17/h2-8H,9-10H2,1H3,(H,20,21). The van der Waals surface area contributed by atoms with Crippen LogP contribution in [-0.2, 0) is 11.3 Å². The van der Waals surface area contributed by atoms with Crippen LogP contribution >= 0.6 is 27.5 Å². The minimum Gasteiger partial charge on any atom is -0.480 e. The lowest BCUT2D eigenvalue weighted by Crippen LogP contribution is -2.29. The van der Waals surface area contributed by atoms with Crippen molar-refractivity contribution in [2.45, 2.75) is 13.5 Å². The summed E-state index contributed by atoms with van der Waals surface area (Å²) in [5.74, 6) is -0.860. The van der Waals surface area contributed by atoms with Crippen molar-refractivity contribution in [3.8, 4) is 0 Å². The number of rotatable bonds is 5. The van der Waals surface area contributed by atoms with Gasteiger partial charge in [-0.15, -0.1) is 0 Å². The van der Waals surface area contributed by atoms with Crippen LogP contribution in [0.1, 0.15) is 11.1 Å². The molecule has 2 aromatic carbocycles. The highest BCUT2D eigenvalue weighted by Gasteiger charge is 2.13. The van der Waals surface area contributed by atoms with Gasteiger partial charge in [-0.2, -0.15) is 0 Å². The third kappa shape index (κ3) is 4.48. The molecule has 5 heteroatoms. The summed E-state index contributed by atoms with van der Waals surface area (Å²) in [6, 6.07) is 13.3. The average Bonchev–Trinajstić information content (AvgIpc) is 2.41. The summed E-state index contributed by atoms with van der Waals surface area (Å²) in [5.41, 5.74) is 3.01. The molecule has 2 aromatic rings. The number of carbonyl (C=O) groups is 1. The molecule has 0 aromatic heterocycles. The number of aryl methyl sites for hydroxylation is 1. The first kappa shape index (κ1) is 15.9. The van der Waals surface area contributed by atoms with Gasteiger partial charge in [-0.3, -0.25) is 4.79 Å². The van der Waals surface area contributed by atoms with Crippen LogP contribution in [0.4, 0.5) is 5.69 Å². The number of aliphatic carboxylic acids is 1. The fourth-order valence-corrected chi connectivity index (χ4v) is 2.82. The van der Waals surface area contributed by atoms with Gasteiger partial charge in [0.05, 0.1) is 0 Å². The second-order valence-electron chi connectivity index (χ2n) is 4.82. The number of hydrogen-bond donors (Lipinski definition) is 1. The number of carboxylic acids is 1. The lowest BCUT2D eigenvalue weighted by Gasteiger charge is -2.24. The molecule has 110 valence electrons. The molecule has 2 rings (SSSR count). The number of anilines is 1. The van der Waals surface area contributed by atoms with Gasteiger partial charge in [0.2, 0.25) is 0 Å². The molecule has 0 amide bonds. The van der Waals surface area contributed by atoms with Crippen LogP contribution in [0.5, 0.6) is 0 Å². The first-order valence-corrected chi connectivity index (χ1v) is 7.60. The van der Waals surface area contributed by atoms with E-state index < -0.39 is 5.97 Å². The summed E-state index contributed by atoms with van der Waals surface area (Å²) < 4.78 is 0.873. The molecule has 0 spiro atoms. The molecule has 3 nitrogen and oxygen atoms in total. The molecule has 0 saturated carbocycles. The highest BCUT2D eigenvalue weighted by molar-refractivity contribution is 9.10. The summed E-state index contributed by atoms with van der Waals surface area (Å²) >= 11 is 9.40. The lowest BCUT2D eigenvalue weighted by molar-refractivity contribution is -0.135. The Kier molecular flexibility index (Phi) is 5.26. The van der Waals surface area contributed by atoms with E-state index in [4.69, 9.17) is 16.7 Å². The van der Waals surface area contributed by atoms with Crippen molar-refractivity contribution in [2.75, 3.05) is 11.4 Å². The minimum atomic E-state index is -0.860. The van der Waals surface area contributed by atoms with E-state index in [1.807, 2.05) is 48.2 Å². The van der Waals surface area contributed by atoms with E-state index in [-0.39, 0.29) is 6.54 Å².